The Labute approximate surface area is 163 Å². The van der Waals surface area contributed by atoms with Crippen molar-refractivity contribution >= 4 is 15.7 Å². The number of nitrogens with zero attached hydrogens (tertiary/aromatic N) is 2. The second-order valence-corrected chi connectivity index (χ2v) is 8.87. The Kier molecular flexibility index (Phi) is 6.09. The fourth-order valence-corrected chi connectivity index (χ4v) is 4.73. The summed E-state index contributed by atoms with van der Waals surface area (Å²) in [6, 6.07) is 13.4. The molecule has 0 aromatic heterocycles. The molecule has 0 saturated heterocycles. The molecule has 0 aliphatic heterocycles. The van der Waals surface area contributed by atoms with Crippen LogP contribution in [0.1, 0.15) is 18.4 Å². The molecule has 1 aliphatic rings. The second-order valence-electron chi connectivity index (χ2n) is 6.98. The normalized spacial score (nSPS) is 16.7. The van der Waals surface area contributed by atoms with Gasteiger partial charge in [-0.15, -0.1) is 0 Å². The fraction of sp³-hybridized carbons (Fsp3) is 0.368. The third-order valence-electron chi connectivity index (χ3n) is 4.78. The monoisotopic (exact) mass is 405 g/mol. The van der Waals surface area contributed by atoms with Crippen molar-refractivity contribution in [3.05, 3.63) is 70.3 Å². The van der Waals surface area contributed by atoms with Crippen LogP contribution in [-0.2, 0) is 16.4 Å². The van der Waals surface area contributed by atoms with Crippen LogP contribution >= 0.6 is 0 Å². The Bertz CT molecular complexity index is 914. The number of non-ortho nitro benzene ring substituents is 1. The summed E-state index contributed by atoms with van der Waals surface area (Å²) in [6.45, 7) is -0.113. The van der Waals surface area contributed by atoms with Crippen molar-refractivity contribution in [1.29, 1.82) is 0 Å². The first-order chi connectivity index (χ1) is 13.3. The van der Waals surface area contributed by atoms with Crippen LogP contribution in [0.5, 0.6) is 0 Å². The highest BCUT2D eigenvalue weighted by Crippen LogP contribution is 2.33. The molecule has 0 spiro atoms. The van der Waals surface area contributed by atoms with E-state index in [1.807, 2.05) is 30.3 Å². The molecule has 3 N–H and O–H groups in total. The van der Waals surface area contributed by atoms with Crippen LogP contribution in [-0.4, -0.2) is 47.5 Å². The van der Waals surface area contributed by atoms with Gasteiger partial charge in [0.05, 0.1) is 15.9 Å². The lowest BCUT2D eigenvalue weighted by atomic mass is 10.0. The van der Waals surface area contributed by atoms with Crippen molar-refractivity contribution in [2.24, 2.45) is 5.73 Å². The highest BCUT2D eigenvalue weighted by molar-refractivity contribution is 7.89. The molecule has 0 bridgehead atoms. The van der Waals surface area contributed by atoms with Crippen LogP contribution in [0.4, 0.5) is 5.69 Å². The van der Waals surface area contributed by atoms with Gasteiger partial charge in [0.1, 0.15) is 0 Å². The van der Waals surface area contributed by atoms with Gasteiger partial charge in [-0.3, -0.25) is 10.1 Å². The quantitative estimate of drug-likeness (QED) is 0.483. The van der Waals surface area contributed by atoms with Gasteiger partial charge in [0, 0.05) is 30.8 Å². The molecule has 2 unspecified atom stereocenters. The number of hydrogen-bond acceptors (Lipinski definition) is 6. The minimum atomic E-state index is -3.89. The summed E-state index contributed by atoms with van der Waals surface area (Å²) in [5, 5.41) is 21.3. The number of nitrogens with two attached hydrogens (primary N) is 1. The zero-order valence-corrected chi connectivity index (χ0v) is 16.0. The Morgan fingerprint density at radius 1 is 1.14 bits per heavy atom. The van der Waals surface area contributed by atoms with Gasteiger partial charge in [0.2, 0.25) is 10.0 Å². The van der Waals surface area contributed by atoms with E-state index in [4.69, 9.17) is 5.73 Å². The first-order valence-corrected chi connectivity index (χ1v) is 10.5. The minimum absolute atomic E-state index is 0.0335. The van der Waals surface area contributed by atoms with Gasteiger partial charge in [-0.05, 0) is 37.0 Å². The molecule has 2 aromatic rings. The molecule has 1 aliphatic carbocycles. The Hall–Kier alpha value is -2.33. The second kappa shape index (κ2) is 8.36. The third-order valence-corrected chi connectivity index (χ3v) is 6.72. The summed E-state index contributed by atoms with van der Waals surface area (Å²) in [5.74, 6) is 0. The number of rotatable bonds is 9. The zero-order chi connectivity index (χ0) is 20.3. The van der Waals surface area contributed by atoms with E-state index in [0.29, 0.717) is 19.3 Å². The van der Waals surface area contributed by atoms with Crippen LogP contribution in [0.3, 0.4) is 0 Å². The first-order valence-electron chi connectivity index (χ1n) is 9.03. The van der Waals surface area contributed by atoms with Crippen molar-refractivity contribution in [2.45, 2.75) is 42.3 Å². The minimum Gasteiger partial charge on any atom is -0.390 e. The van der Waals surface area contributed by atoms with E-state index in [9.17, 15) is 23.6 Å². The SMILES string of the molecule is NC(Cc1ccccc1)C(O)CN(C1CC1)S(=O)(=O)c1ccc([N+](=O)[O-])cc1. The zero-order valence-electron chi connectivity index (χ0n) is 15.2. The van der Waals surface area contributed by atoms with Gasteiger partial charge in [-0.2, -0.15) is 4.31 Å². The standard InChI is InChI=1S/C19H23N3O5S/c20-18(12-14-4-2-1-3-5-14)19(23)13-21(15-6-7-15)28(26,27)17-10-8-16(9-11-17)22(24)25/h1-5,8-11,15,18-19,23H,6-7,12-13,20H2. The molecule has 8 nitrogen and oxygen atoms in total. The largest absolute Gasteiger partial charge is 0.390 e. The molecular formula is C19H23N3O5S. The lowest BCUT2D eigenvalue weighted by Gasteiger charge is -2.27. The molecule has 0 radical (unpaired) electrons. The molecule has 150 valence electrons. The van der Waals surface area contributed by atoms with Crippen molar-refractivity contribution in [1.82, 2.24) is 4.31 Å². The lowest BCUT2D eigenvalue weighted by molar-refractivity contribution is -0.384. The van der Waals surface area contributed by atoms with Gasteiger partial charge in [0.15, 0.2) is 0 Å². The van der Waals surface area contributed by atoms with Crippen LogP contribution in [0, 0.1) is 10.1 Å². The summed E-state index contributed by atoms with van der Waals surface area (Å²) in [5.41, 5.74) is 6.89. The van der Waals surface area contributed by atoms with Gasteiger partial charge in [-0.1, -0.05) is 30.3 Å². The van der Waals surface area contributed by atoms with Gasteiger partial charge in [-0.25, -0.2) is 8.42 Å². The predicted octanol–water partition coefficient (Wildman–Crippen LogP) is 1.68. The molecule has 0 amide bonds. The topological polar surface area (TPSA) is 127 Å². The number of aliphatic hydroxyl groups excluding tert-OH is 1. The Morgan fingerprint density at radius 3 is 2.29 bits per heavy atom. The summed E-state index contributed by atoms with van der Waals surface area (Å²) < 4.78 is 27.3. The van der Waals surface area contributed by atoms with Gasteiger partial charge < -0.3 is 10.8 Å². The predicted molar refractivity (Wildman–Crippen MR) is 104 cm³/mol. The number of benzene rings is 2. The maximum absolute atomic E-state index is 13.0. The van der Waals surface area contributed by atoms with Crippen LogP contribution in [0.15, 0.2) is 59.5 Å². The van der Waals surface area contributed by atoms with E-state index in [2.05, 4.69) is 0 Å². The smallest absolute Gasteiger partial charge is 0.269 e. The first kappa shape index (κ1) is 20.4. The summed E-state index contributed by atoms with van der Waals surface area (Å²) in [6.07, 6.45) is 0.825. The Morgan fingerprint density at radius 2 is 1.75 bits per heavy atom. The number of nitro groups is 1. The summed E-state index contributed by atoms with van der Waals surface area (Å²) >= 11 is 0. The highest BCUT2D eigenvalue weighted by atomic mass is 32.2. The van der Waals surface area contributed by atoms with Crippen molar-refractivity contribution in [2.75, 3.05) is 6.54 Å². The number of nitro benzene ring substituents is 1. The Balaban J connectivity index is 1.74. The van der Waals surface area contributed by atoms with Gasteiger partial charge in [0.25, 0.3) is 5.69 Å². The van der Waals surface area contributed by atoms with Crippen molar-refractivity contribution in [3.8, 4) is 0 Å². The molecule has 3 rings (SSSR count). The molecule has 0 heterocycles. The summed E-state index contributed by atoms with van der Waals surface area (Å²) in [7, 11) is -3.89. The summed E-state index contributed by atoms with van der Waals surface area (Å²) in [4.78, 5) is 10.2. The fourth-order valence-electron chi connectivity index (χ4n) is 3.02. The lowest BCUT2D eigenvalue weighted by Crippen LogP contribution is -2.47. The maximum atomic E-state index is 13.0. The van der Waals surface area contributed by atoms with E-state index in [1.165, 1.54) is 16.4 Å². The van der Waals surface area contributed by atoms with E-state index in [-0.39, 0.29) is 23.2 Å². The van der Waals surface area contributed by atoms with E-state index >= 15 is 0 Å². The van der Waals surface area contributed by atoms with Crippen molar-refractivity contribution in [3.63, 3.8) is 0 Å². The van der Waals surface area contributed by atoms with E-state index < -0.39 is 27.1 Å². The number of hydrogen-bond donors (Lipinski definition) is 2. The third kappa shape index (κ3) is 4.74. The molecule has 2 aromatic carbocycles. The van der Waals surface area contributed by atoms with Gasteiger partial charge >= 0.3 is 0 Å². The number of sulfonamides is 1. The van der Waals surface area contributed by atoms with Crippen LogP contribution in [0.2, 0.25) is 0 Å². The van der Waals surface area contributed by atoms with E-state index in [0.717, 1.165) is 17.7 Å². The molecule has 9 heteroatoms. The molecule has 1 saturated carbocycles. The number of aliphatic hydroxyl groups is 1. The van der Waals surface area contributed by atoms with Crippen molar-refractivity contribution < 1.29 is 18.4 Å². The molecular weight excluding hydrogens is 382 g/mol. The molecule has 2 atom stereocenters. The molecule has 1 fully saturated rings. The van der Waals surface area contributed by atoms with Crippen LogP contribution < -0.4 is 5.73 Å². The highest BCUT2D eigenvalue weighted by Gasteiger charge is 2.40. The van der Waals surface area contributed by atoms with Crippen LogP contribution in [0.25, 0.3) is 0 Å². The average molecular weight is 405 g/mol. The molecule has 28 heavy (non-hydrogen) atoms. The van der Waals surface area contributed by atoms with E-state index in [1.54, 1.807) is 0 Å². The maximum Gasteiger partial charge on any atom is 0.269 e. The average Bonchev–Trinajstić information content (AvgIpc) is 3.51.